The van der Waals surface area contributed by atoms with Gasteiger partial charge in [-0.05, 0) is 73.3 Å². The lowest BCUT2D eigenvalue weighted by Crippen LogP contribution is -2.19. The molecule has 0 saturated heterocycles. The summed E-state index contributed by atoms with van der Waals surface area (Å²) in [5.41, 5.74) is 3.09. The van der Waals surface area contributed by atoms with Crippen molar-refractivity contribution in [1.82, 2.24) is 0 Å². The van der Waals surface area contributed by atoms with E-state index in [0.29, 0.717) is 27.3 Å². The molecule has 37 heavy (non-hydrogen) atoms. The third-order valence-electron chi connectivity index (χ3n) is 5.97. The van der Waals surface area contributed by atoms with Crippen molar-refractivity contribution in [2.75, 3.05) is 35.9 Å². The van der Waals surface area contributed by atoms with Crippen LogP contribution in [0.1, 0.15) is 34.1 Å². The highest BCUT2D eigenvalue weighted by Gasteiger charge is 2.28. The summed E-state index contributed by atoms with van der Waals surface area (Å²) in [5.74, 6) is 0.889. The van der Waals surface area contributed by atoms with Gasteiger partial charge in [-0.15, -0.1) is 23.1 Å². The normalized spacial score (nSPS) is 14.3. The number of para-hydroxylation sites is 2. The first-order valence-corrected chi connectivity index (χ1v) is 14.1. The van der Waals surface area contributed by atoms with Crippen molar-refractivity contribution in [3.8, 4) is 5.75 Å². The number of ether oxygens (including phenoxy) is 2. The van der Waals surface area contributed by atoms with Gasteiger partial charge in [0.15, 0.2) is 5.11 Å². The van der Waals surface area contributed by atoms with Gasteiger partial charge >= 0.3 is 5.97 Å². The average Bonchev–Trinajstić information content (AvgIpc) is 3.24. The Morgan fingerprint density at radius 2 is 1.92 bits per heavy atom. The lowest BCUT2D eigenvalue weighted by Gasteiger charge is -2.18. The first-order chi connectivity index (χ1) is 17.9. The molecule has 194 valence electrons. The van der Waals surface area contributed by atoms with Gasteiger partial charge in [-0.1, -0.05) is 25.1 Å². The Morgan fingerprint density at radius 1 is 1.11 bits per heavy atom. The minimum atomic E-state index is -0.397. The molecule has 1 atom stereocenters. The van der Waals surface area contributed by atoms with Crippen molar-refractivity contribution in [1.29, 1.82) is 0 Å². The number of carbonyl (C=O) groups is 2. The summed E-state index contributed by atoms with van der Waals surface area (Å²) in [6.07, 6.45) is 2.77. The lowest BCUT2D eigenvalue weighted by molar-refractivity contribution is -0.113. The van der Waals surface area contributed by atoms with Crippen LogP contribution in [0.25, 0.3) is 0 Å². The van der Waals surface area contributed by atoms with Gasteiger partial charge in [0.25, 0.3) is 0 Å². The highest BCUT2D eigenvalue weighted by molar-refractivity contribution is 8.00. The number of methoxy groups -OCH3 is 2. The molecule has 1 aliphatic rings. The van der Waals surface area contributed by atoms with E-state index in [0.717, 1.165) is 41.1 Å². The van der Waals surface area contributed by atoms with E-state index in [1.165, 1.54) is 35.1 Å². The minimum Gasteiger partial charge on any atom is -0.495 e. The molecule has 1 unspecified atom stereocenters. The van der Waals surface area contributed by atoms with Crippen molar-refractivity contribution in [2.24, 2.45) is 5.92 Å². The van der Waals surface area contributed by atoms with E-state index in [9.17, 15) is 9.59 Å². The molecule has 3 aromatic rings. The number of thioether (sulfide) groups is 1. The summed E-state index contributed by atoms with van der Waals surface area (Å²) in [6.45, 7) is 2.21. The molecule has 10 heteroatoms. The molecule has 0 aliphatic heterocycles. The van der Waals surface area contributed by atoms with Crippen LogP contribution in [0, 0.1) is 5.92 Å². The molecular formula is C27H29N3O4S3. The fourth-order valence-corrected chi connectivity index (χ4v) is 6.56. The number of hydrogen-bond acceptors (Lipinski definition) is 7. The predicted octanol–water partition coefficient (Wildman–Crippen LogP) is 6.21. The number of esters is 1. The first-order valence-electron chi connectivity index (χ1n) is 11.8. The summed E-state index contributed by atoms with van der Waals surface area (Å²) < 4.78 is 10.4. The number of amides is 1. The molecule has 7 nitrogen and oxygen atoms in total. The lowest BCUT2D eigenvalue weighted by atomic mass is 9.88. The van der Waals surface area contributed by atoms with Crippen LogP contribution in [0.2, 0.25) is 0 Å². The number of carbonyl (C=O) groups excluding carboxylic acids is 2. The van der Waals surface area contributed by atoms with Crippen LogP contribution in [0.4, 0.5) is 16.4 Å². The van der Waals surface area contributed by atoms with Crippen LogP contribution >= 0.6 is 35.3 Å². The Labute approximate surface area is 230 Å². The molecule has 1 heterocycles. The summed E-state index contributed by atoms with van der Waals surface area (Å²) >= 11 is 8.35. The molecule has 0 fully saturated rings. The van der Waals surface area contributed by atoms with Gasteiger partial charge in [0.1, 0.15) is 10.8 Å². The number of anilines is 3. The highest BCUT2D eigenvalue weighted by atomic mass is 32.2. The second-order valence-electron chi connectivity index (χ2n) is 8.69. The van der Waals surface area contributed by atoms with E-state index in [1.807, 2.05) is 48.5 Å². The van der Waals surface area contributed by atoms with Gasteiger partial charge in [-0.2, -0.15) is 0 Å². The zero-order chi connectivity index (χ0) is 26.4. The van der Waals surface area contributed by atoms with E-state index in [4.69, 9.17) is 21.7 Å². The van der Waals surface area contributed by atoms with Crippen molar-refractivity contribution >= 4 is 68.7 Å². The van der Waals surface area contributed by atoms with E-state index in [2.05, 4.69) is 22.9 Å². The number of nitrogens with one attached hydrogen (secondary N) is 3. The molecule has 2 aromatic carbocycles. The van der Waals surface area contributed by atoms with Crippen molar-refractivity contribution in [2.45, 2.75) is 31.1 Å². The van der Waals surface area contributed by atoms with Crippen molar-refractivity contribution in [3.05, 3.63) is 64.5 Å². The smallest absolute Gasteiger partial charge is 0.341 e. The average molecular weight is 556 g/mol. The number of hydrogen-bond donors (Lipinski definition) is 3. The van der Waals surface area contributed by atoms with Crippen LogP contribution < -0.4 is 20.7 Å². The largest absolute Gasteiger partial charge is 0.495 e. The van der Waals surface area contributed by atoms with E-state index >= 15 is 0 Å². The monoisotopic (exact) mass is 555 g/mol. The quantitative estimate of drug-likeness (QED) is 0.172. The minimum absolute atomic E-state index is 0.173. The topological polar surface area (TPSA) is 88.7 Å². The number of benzene rings is 2. The molecule has 1 aromatic heterocycles. The molecular weight excluding hydrogens is 527 g/mol. The van der Waals surface area contributed by atoms with Crippen LogP contribution in [-0.4, -0.2) is 37.0 Å². The maximum atomic E-state index is 12.8. The highest BCUT2D eigenvalue weighted by Crippen LogP contribution is 2.40. The maximum Gasteiger partial charge on any atom is 0.341 e. The number of thiophene rings is 1. The SMILES string of the molecule is COC(=O)c1c(NC(=O)CSc2cccc(NC(=S)Nc3ccccc3OC)c2)sc2c1CCC(C)C2. The fraction of sp³-hybridized carbons (Fsp3) is 0.296. The summed E-state index contributed by atoms with van der Waals surface area (Å²) in [5, 5.41) is 10.3. The van der Waals surface area contributed by atoms with Gasteiger partial charge in [-0.25, -0.2) is 4.79 Å². The van der Waals surface area contributed by atoms with Gasteiger partial charge in [0.2, 0.25) is 5.91 Å². The second kappa shape index (κ2) is 12.4. The molecule has 4 rings (SSSR count). The Kier molecular flexibility index (Phi) is 9.07. The maximum absolute atomic E-state index is 12.8. The van der Waals surface area contributed by atoms with Crippen molar-refractivity contribution in [3.63, 3.8) is 0 Å². The van der Waals surface area contributed by atoms with E-state index in [1.54, 1.807) is 7.11 Å². The second-order valence-corrected chi connectivity index (χ2v) is 11.3. The van der Waals surface area contributed by atoms with E-state index < -0.39 is 5.97 Å². The fourth-order valence-electron chi connectivity index (χ4n) is 4.16. The summed E-state index contributed by atoms with van der Waals surface area (Å²) in [7, 11) is 2.98. The number of rotatable bonds is 8. The third-order valence-corrected chi connectivity index (χ3v) is 8.34. The molecule has 0 saturated carbocycles. The van der Waals surface area contributed by atoms with E-state index in [-0.39, 0.29) is 11.7 Å². The Bertz CT molecular complexity index is 1310. The molecule has 0 radical (unpaired) electrons. The van der Waals surface area contributed by atoms with Crippen LogP contribution in [0.15, 0.2) is 53.4 Å². The Morgan fingerprint density at radius 3 is 2.70 bits per heavy atom. The molecule has 3 N–H and O–H groups in total. The van der Waals surface area contributed by atoms with Crippen LogP contribution in [0.5, 0.6) is 5.75 Å². The number of thiocarbonyl (C=S) groups is 1. The Balaban J connectivity index is 1.36. The number of fused-ring (bicyclic) bond motifs is 1. The Hall–Kier alpha value is -3.08. The first kappa shape index (κ1) is 27.0. The van der Waals surface area contributed by atoms with Gasteiger partial charge in [0, 0.05) is 15.5 Å². The predicted molar refractivity (Wildman–Crippen MR) is 155 cm³/mol. The molecule has 1 amide bonds. The van der Waals surface area contributed by atoms with Crippen LogP contribution in [0.3, 0.4) is 0 Å². The molecule has 0 spiro atoms. The summed E-state index contributed by atoms with van der Waals surface area (Å²) in [6, 6.07) is 15.2. The summed E-state index contributed by atoms with van der Waals surface area (Å²) in [4.78, 5) is 27.4. The van der Waals surface area contributed by atoms with Gasteiger partial charge < -0.3 is 25.4 Å². The third kappa shape index (κ3) is 6.82. The van der Waals surface area contributed by atoms with Gasteiger partial charge in [0.05, 0.1) is 31.2 Å². The standard InChI is InChI=1S/C27H29N3O4S3/c1-16-11-12-19-22(13-16)37-25(24(19)26(32)34-3)30-23(31)15-36-18-8-6-7-17(14-18)28-27(35)29-20-9-4-5-10-21(20)33-2/h4-10,14,16H,11-13,15H2,1-3H3,(H,30,31)(H2,28,29,35). The zero-order valence-corrected chi connectivity index (χ0v) is 23.3. The van der Waals surface area contributed by atoms with Crippen LogP contribution in [-0.2, 0) is 22.4 Å². The molecule has 1 aliphatic carbocycles. The molecule has 0 bridgehead atoms. The van der Waals surface area contributed by atoms with Gasteiger partial charge in [-0.3, -0.25) is 4.79 Å². The zero-order valence-electron chi connectivity index (χ0n) is 20.9. The van der Waals surface area contributed by atoms with Crippen molar-refractivity contribution < 1.29 is 19.1 Å².